The van der Waals surface area contributed by atoms with Gasteiger partial charge in [0, 0.05) is 19.5 Å². The van der Waals surface area contributed by atoms with E-state index in [0.29, 0.717) is 36.6 Å². The molecule has 0 aliphatic carbocycles. The number of hydrogen-bond acceptors (Lipinski definition) is 7. The van der Waals surface area contributed by atoms with Gasteiger partial charge in [-0.15, -0.1) is 0 Å². The highest BCUT2D eigenvalue weighted by atomic mass is 32.2. The first-order chi connectivity index (χ1) is 20.1. The zero-order valence-electron chi connectivity index (χ0n) is 25.0. The fourth-order valence-electron chi connectivity index (χ4n) is 5.88. The lowest BCUT2D eigenvalue weighted by Crippen LogP contribution is -2.36. The Labute approximate surface area is 249 Å². The van der Waals surface area contributed by atoms with E-state index >= 15 is 0 Å². The molecule has 0 radical (unpaired) electrons. The minimum absolute atomic E-state index is 0.0163. The number of fused-ring (bicyclic) bond motifs is 1. The van der Waals surface area contributed by atoms with Crippen LogP contribution in [0.4, 0.5) is 5.69 Å². The molecule has 0 bridgehead atoms. The number of rotatable bonds is 11. The van der Waals surface area contributed by atoms with Crippen LogP contribution in [0.5, 0.6) is 11.5 Å². The third-order valence-electron chi connectivity index (χ3n) is 8.34. The van der Waals surface area contributed by atoms with E-state index < -0.39 is 14.6 Å². The van der Waals surface area contributed by atoms with Crippen LogP contribution in [0.1, 0.15) is 55.8 Å². The second-order valence-electron chi connectivity index (χ2n) is 10.7. The molecule has 3 aromatic rings. The van der Waals surface area contributed by atoms with Crippen molar-refractivity contribution in [3.05, 3.63) is 83.4 Å². The van der Waals surface area contributed by atoms with Gasteiger partial charge in [0.25, 0.3) is 0 Å². The van der Waals surface area contributed by atoms with E-state index in [0.717, 1.165) is 29.7 Å². The summed E-state index contributed by atoms with van der Waals surface area (Å²) in [4.78, 5) is 16.5. The van der Waals surface area contributed by atoms with E-state index in [-0.39, 0.29) is 23.3 Å². The van der Waals surface area contributed by atoms with Gasteiger partial charge in [0.2, 0.25) is 15.7 Å². The minimum Gasteiger partial charge on any atom is -0.497 e. The molecule has 0 N–H and O–H groups in total. The summed E-state index contributed by atoms with van der Waals surface area (Å²) in [6.07, 6.45) is 2.26. The number of nitrogens with zero attached hydrogens (tertiary/aromatic N) is 3. The molecule has 1 heterocycles. The van der Waals surface area contributed by atoms with Gasteiger partial charge in [-0.3, -0.25) is 9.69 Å². The molecule has 0 fully saturated rings. The van der Waals surface area contributed by atoms with Gasteiger partial charge >= 0.3 is 0 Å². The lowest BCUT2D eigenvalue weighted by Gasteiger charge is -2.35. The molecular weight excluding hydrogens is 550 g/mol. The number of carbonyl (C=O) groups is 1. The van der Waals surface area contributed by atoms with Crippen LogP contribution in [0, 0.1) is 11.3 Å². The smallest absolute Gasteiger partial charge is 0.223 e. The molecule has 0 saturated heterocycles. The van der Waals surface area contributed by atoms with Crippen LogP contribution in [0.2, 0.25) is 0 Å². The molecule has 1 aliphatic heterocycles. The standard InChI is InChI=1S/C33H39N3O5S/c1-24(29-17-18-31(41-5)32-30(29)16-10-21-36(32)25(2)37)35(3)20-11-19-33(23-34,26-12-9-13-27(22-26)40-4)42(38,39)28-14-7-6-8-15-28/h6-9,12-15,17-18,22,24H,10-11,16,19-21H2,1-5H3. The first kappa shape index (κ1) is 31.1. The van der Waals surface area contributed by atoms with Crippen molar-refractivity contribution < 1.29 is 22.7 Å². The molecule has 1 amide bonds. The Kier molecular flexibility index (Phi) is 9.60. The number of anilines is 1. The lowest BCUT2D eigenvalue weighted by atomic mass is 9.91. The molecule has 3 aromatic carbocycles. The first-order valence-corrected chi connectivity index (χ1v) is 15.6. The van der Waals surface area contributed by atoms with E-state index in [1.165, 1.54) is 19.2 Å². The third kappa shape index (κ3) is 5.74. The molecule has 2 unspecified atom stereocenters. The summed E-state index contributed by atoms with van der Waals surface area (Å²) in [6, 6.07) is 21.1. The fraction of sp³-hybridized carbons (Fsp3) is 0.394. The highest BCUT2D eigenvalue weighted by Gasteiger charge is 2.47. The number of nitriles is 1. The zero-order valence-corrected chi connectivity index (χ0v) is 25.8. The number of amides is 1. The topological polar surface area (TPSA) is 99.9 Å². The summed E-state index contributed by atoms with van der Waals surface area (Å²) in [7, 11) is 1.05. The highest BCUT2D eigenvalue weighted by Crippen LogP contribution is 2.43. The predicted octanol–water partition coefficient (Wildman–Crippen LogP) is 5.67. The van der Waals surface area contributed by atoms with Crippen LogP contribution in [-0.4, -0.2) is 53.6 Å². The molecule has 222 valence electrons. The SMILES string of the molecule is COc1cccc(C(C#N)(CCCN(C)C(C)c2ccc(OC)c3c2CCCN3C(C)=O)S(=O)(=O)c2ccccc2)c1. The summed E-state index contributed by atoms with van der Waals surface area (Å²) in [5.74, 6) is 1.16. The quantitative estimate of drug-likeness (QED) is 0.284. The Morgan fingerprint density at radius 1 is 1.10 bits per heavy atom. The number of carbonyl (C=O) groups excluding carboxylic acids is 1. The second-order valence-corrected chi connectivity index (χ2v) is 12.9. The Morgan fingerprint density at radius 3 is 2.48 bits per heavy atom. The van der Waals surface area contributed by atoms with Crippen LogP contribution < -0.4 is 14.4 Å². The first-order valence-electron chi connectivity index (χ1n) is 14.1. The van der Waals surface area contributed by atoms with Gasteiger partial charge < -0.3 is 14.4 Å². The Morgan fingerprint density at radius 2 is 1.83 bits per heavy atom. The van der Waals surface area contributed by atoms with Crippen molar-refractivity contribution in [1.29, 1.82) is 5.26 Å². The number of ether oxygens (including phenoxy) is 2. The number of methoxy groups -OCH3 is 2. The molecule has 0 aromatic heterocycles. The average Bonchev–Trinajstić information content (AvgIpc) is 3.02. The number of sulfone groups is 1. The van der Waals surface area contributed by atoms with Gasteiger partial charge in [-0.1, -0.05) is 36.4 Å². The normalized spacial score (nSPS) is 15.3. The highest BCUT2D eigenvalue weighted by molar-refractivity contribution is 7.92. The molecule has 1 aliphatic rings. The number of hydrogen-bond donors (Lipinski definition) is 0. The van der Waals surface area contributed by atoms with E-state index in [4.69, 9.17) is 9.47 Å². The lowest BCUT2D eigenvalue weighted by molar-refractivity contribution is -0.116. The fourth-order valence-corrected chi connectivity index (χ4v) is 7.77. The van der Waals surface area contributed by atoms with Crippen LogP contribution in [0.25, 0.3) is 0 Å². The van der Waals surface area contributed by atoms with E-state index in [9.17, 15) is 18.5 Å². The van der Waals surface area contributed by atoms with Gasteiger partial charge in [0.1, 0.15) is 11.5 Å². The second kappa shape index (κ2) is 13.0. The average molecular weight is 590 g/mol. The van der Waals surface area contributed by atoms with Gasteiger partial charge in [0.15, 0.2) is 4.75 Å². The van der Waals surface area contributed by atoms with E-state index in [1.54, 1.807) is 61.4 Å². The van der Waals surface area contributed by atoms with Crippen molar-refractivity contribution in [2.24, 2.45) is 0 Å². The van der Waals surface area contributed by atoms with Crippen molar-refractivity contribution in [2.45, 2.75) is 55.2 Å². The molecule has 2 atom stereocenters. The molecule has 42 heavy (non-hydrogen) atoms. The van der Waals surface area contributed by atoms with E-state index in [1.807, 2.05) is 13.1 Å². The van der Waals surface area contributed by atoms with Gasteiger partial charge in [0.05, 0.1) is 30.9 Å². The zero-order chi connectivity index (χ0) is 30.5. The monoisotopic (exact) mass is 589 g/mol. The molecule has 4 rings (SSSR count). The Bertz CT molecular complexity index is 1570. The Balaban J connectivity index is 1.64. The molecule has 9 heteroatoms. The summed E-state index contributed by atoms with van der Waals surface area (Å²) in [6.45, 7) is 4.89. The van der Waals surface area contributed by atoms with Crippen LogP contribution in [0.15, 0.2) is 71.6 Å². The Hall–Kier alpha value is -3.87. The predicted molar refractivity (Wildman–Crippen MR) is 164 cm³/mol. The van der Waals surface area contributed by atoms with Gasteiger partial charge in [-0.2, -0.15) is 5.26 Å². The molecule has 8 nitrogen and oxygen atoms in total. The maximum absolute atomic E-state index is 14.1. The third-order valence-corrected chi connectivity index (χ3v) is 10.7. The maximum Gasteiger partial charge on any atom is 0.223 e. The minimum atomic E-state index is -4.08. The molecule has 0 spiro atoms. The van der Waals surface area contributed by atoms with Crippen LogP contribution in [-0.2, 0) is 25.8 Å². The van der Waals surface area contributed by atoms with Gasteiger partial charge in [-0.25, -0.2) is 8.42 Å². The van der Waals surface area contributed by atoms with Crippen molar-refractivity contribution in [1.82, 2.24) is 4.90 Å². The van der Waals surface area contributed by atoms with Gasteiger partial charge in [-0.05, 0) is 93.2 Å². The van der Waals surface area contributed by atoms with Crippen molar-refractivity contribution in [3.63, 3.8) is 0 Å². The van der Waals surface area contributed by atoms with Crippen molar-refractivity contribution in [2.75, 3.05) is 39.3 Å². The number of benzene rings is 3. The van der Waals surface area contributed by atoms with E-state index in [2.05, 4.69) is 24.0 Å². The van der Waals surface area contributed by atoms with Crippen molar-refractivity contribution in [3.8, 4) is 17.6 Å². The molecular formula is C33H39N3O5S. The maximum atomic E-state index is 14.1. The summed E-state index contributed by atoms with van der Waals surface area (Å²) >= 11 is 0. The van der Waals surface area contributed by atoms with Crippen molar-refractivity contribution >= 4 is 21.4 Å². The molecule has 0 saturated carbocycles. The van der Waals surface area contributed by atoms with Crippen LogP contribution >= 0.6 is 0 Å². The summed E-state index contributed by atoms with van der Waals surface area (Å²) in [5.41, 5.74) is 3.43. The van der Waals surface area contributed by atoms with Crippen LogP contribution in [0.3, 0.4) is 0 Å². The largest absolute Gasteiger partial charge is 0.497 e. The summed E-state index contributed by atoms with van der Waals surface area (Å²) < 4.78 is 37.4. The summed E-state index contributed by atoms with van der Waals surface area (Å²) in [5, 5.41) is 10.6.